The second-order valence-corrected chi connectivity index (χ2v) is 4.93. The molecule has 1 aromatic heterocycles. The van der Waals surface area contributed by atoms with E-state index in [4.69, 9.17) is 33.5 Å². The topological polar surface area (TPSA) is 55.3 Å². The fourth-order valence-electron chi connectivity index (χ4n) is 1.76. The fourth-order valence-corrected chi connectivity index (χ4v) is 2.56. The molecule has 2 aromatic rings. The average Bonchev–Trinajstić information content (AvgIpc) is 2.62. The summed E-state index contributed by atoms with van der Waals surface area (Å²) < 4.78 is 5.02. The molecule has 0 radical (unpaired) electrons. The van der Waals surface area contributed by atoms with Gasteiger partial charge in [0.1, 0.15) is 11.5 Å². The van der Waals surface area contributed by atoms with Crippen molar-refractivity contribution in [3.05, 3.63) is 39.7 Å². The zero-order chi connectivity index (χ0) is 13.3. The molecule has 0 saturated carbocycles. The van der Waals surface area contributed by atoms with Crippen LogP contribution in [-0.2, 0) is 6.54 Å². The molecule has 2 rings (SSSR count). The van der Waals surface area contributed by atoms with Crippen LogP contribution in [0, 0.1) is 6.92 Å². The van der Waals surface area contributed by atoms with Gasteiger partial charge in [0.2, 0.25) is 0 Å². The molecule has 4 nitrogen and oxygen atoms in total. The van der Waals surface area contributed by atoms with Crippen molar-refractivity contribution in [1.82, 2.24) is 5.16 Å². The maximum Gasteiger partial charge on any atom is 0.133 e. The molecule has 96 valence electrons. The van der Waals surface area contributed by atoms with Gasteiger partial charge in [-0.15, -0.1) is 0 Å². The Labute approximate surface area is 115 Å². The van der Waals surface area contributed by atoms with Gasteiger partial charge >= 0.3 is 0 Å². The van der Waals surface area contributed by atoms with Gasteiger partial charge in [-0.2, -0.15) is 0 Å². The van der Waals surface area contributed by atoms with Crippen molar-refractivity contribution >= 4 is 34.6 Å². The van der Waals surface area contributed by atoms with E-state index in [9.17, 15) is 0 Å². The first-order valence-corrected chi connectivity index (χ1v) is 6.11. The molecule has 2 N–H and O–H groups in total. The Kier molecular flexibility index (Phi) is 3.68. The number of aromatic nitrogens is 1. The SMILES string of the molecule is Cc1cc(CN(C)c2c(Cl)cc(N)cc2Cl)no1. The van der Waals surface area contributed by atoms with E-state index in [0.717, 1.165) is 17.1 Å². The molecule has 0 amide bonds. The summed E-state index contributed by atoms with van der Waals surface area (Å²) in [6, 6.07) is 5.22. The first-order valence-electron chi connectivity index (χ1n) is 5.35. The van der Waals surface area contributed by atoms with Crippen LogP contribution >= 0.6 is 23.2 Å². The molecule has 0 atom stereocenters. The van der Waals surface area contributed by atoms with Crippen LogP contribution in [0.5, 0.6) is 0 Å². The average molecular weight is 286 g/mol. The van der Waals surface area contributed by atoms with Crippen LogP contribution in [0.25, 0.3) is 0 Å². The number of hydrogen-bond donors (Lipinski definition) is 1. The standard InChI is InChI=1S/C12H13Cl2N3O/c1-7-3-9(16-18-7)6-17(2)12-10(13)4-8(15)5-11(12)14/h3-5H,6,15H2,1-2H3. The van der Waals surface area contributed by atoms with Gasteiger partial charge in [-0.05, 0) is 19.1 Å². The molecule has 0 fully saturated rings. The maximum absolute atomic E-state index is 6.15. The molecule has 0 spiro atoms. The summed E-state index contributed by atoms with van der Waals surface area (Å²) in [7, 11) is 1.88. The zero-order valence-corrected chi connectivity index (χ0v) is 11.6. The van der Waals surface area contributed by atoms with Crippen molar-refractivity contribution < 1.29 is 4.52 Å². The fraction of sp³-hybridized carbons (Fsp3) is 0.250. The summed E-state index contributed by atoms with van der Waals surface area (Å²) in [6.07, 6.45) is 0. The highest BCUT2D eigenvalue weighted by atomic mass is 35.5. The van der Waals surface area contributed by atoms with Crippen LogP contribution in [-0.4, -0.2) is 12.2 Å². The number of nitrogens with two attached hydrogens (primary N) is 1. The van der Waals surface area contributed by atoms with Crippen molar-refractivity contribution in [1.29, 1.82) is 0 Å². The molecule has 0 bridgehead atoms. The van der Waals surface area contributed by atoms with Gasteiger partial charge in [0, 0.05) is 18.8 Å². The van der Waals surface area contributed by atoms with Crippen molar-refractivity contribution in [2.45, 2.75) is 13.5 Å². The third-order valence-corrected chi connectivity index (χ3v) is 3.07. The Balaban J connectivity index is 2.26. The van der Waals surface area contributed by atoms with E-state index in [1.165, 1.54) is 0 Å². The number of hydrogen-bond acceptors (Lipinski definition) is 4. The third kappa shape index (κ3) is 2.71. The van der Waals surface area contributed by atoms with E-state index in [1.807, 2.05) is 24.9 Å². The second kappa shape index (κ2) is 5.08. The van der Waals surface area contributed by atoms with Gasteiger partial charge in [-0.25, -0.2) is 0 Å². The first-order chi connectivity index (χ1) is 8.47. The summed E-state index contributed by atoms with van der Waals surface area (Å²) in [5.74, 6) is 0.771. The summed E-state index contributed by atoms with van der Waals surface area (Å²) in [5, 5.41) is 4.96. The van der Waals surface area contributed by atoms with Crippen LogP contribution in [0.15, 0.2) is 22.7 Å². The monoisotopic (exact) mass is 285 g/mol. The van der Waals surface area contributed by atoms with E-state index < -0.39 is 0 Å². The predicted octanol–water partition coefficient (Wildman–Crippen LogP) is 3.51. The van der Waals surface area contributed by atoms with Crippen LogP contribution in [0.2, 0.25) is 10.0 Å². The van der Waals surface area contributed by atoms with Crippen LogP contribution < -0.4 is 10.6 Å². The molecular formula is C12H13Cl2N3O. The van der Waals surface area contributed by atoms with Gasteiger partial charge in [-0.1, -0.05) is 28.4 Å². The lowest BCUT2D eigenvalue weighted by molar-refractivity contribution is 0.390. The molecule has 0 aliphatic rings. The van der Waals surface area contributed by atoms with E-state index in [0.29, 0.717) is 22.3 Å². The lowest BCUT2D eigenvalue weighted by Crippen LogP contribution is -2.17. The van der Waals surface area contributed by atoms with Gasteiger partial charge in [-0.3, -0.25) is 0 Å². The minimum atomic E-state index is 0.516. The van der Waals surface area contributed by atoms with E-state index in [1.54, 1.807) is 12.1 Å². The zero-order valence-electron chi connectivity index (χ0n) is 10.1. The van der Waals surface area contributed by atoms with E-state index >= 15 is 0 Å². The Hall–Kier alpha value is -1.39. The van der Waals surface area contributed by atoms with Crippen LogP contribution in [0.3, 0.4) is 0 Å². The third-order valence-electron chi connectivity index (χ3n) is 2.50. The first kappa shape index (κ1) is 13.1. The molecular weight excluding hydrogens is 273 g/mol. The molecule has 0 unspecified atom stereocenters. The van der Waals surface area contributed by atoms with Crippen LogP contribution in [0.4, 0.5) is 11.4 Å². The highest BCUT2D eigenvalue weighted by molar-refractivity contribution is 6.39. The molecule has 18 heavy (non-hydrogen) atoms. The van der Waals surface area contributed by atoms with Gasteiger partial charge in [0.05, 0.1) is 22.3 Å². The quantitative estimate of drug-likeness (QED) is 0.877. The Bertz CT molecular complexity index is 545. The number of benzene rings is 1. The molecule has 1 aromatic carbocycles. The summed E-state index contributed by atoms with van der Waals surface area (Å²) in [4.78, 5) is 1.90. The number of halogens is 2. The highest BCUT2D eigenvalue weighted by Crippen LogP contribution is 2.35. The van der Waals surface area contributed by atoms with E-state index in [-0.39, 0.29) is 0 Å². The lowest BCUT2D eigenvalue weighted by Gasteiger charge is -2.21. The number of nitrogens with zero attached hydrogens (tertiary/aromatic N) is 2. The van der Waals surface area contributed by atoms with Gasteiger partial charge in [0.25, 0.3) is 0 Å². The van der Waals surface area contributed by atoms with Crippen molar-refractivity contribution in [3.8, 4) is 0 Å². The second-order valence-electron chi connectivity index (χ2n) is 4.12. The molecule has 0 saturated heterocycles. The van der Waals surface area contributed by atoms with Crippen molar-refractivity contribution in [2.24, 2.45) is 0 Å². The summed E-state index contributed by atoms with van der Waals surface area (Å²) in [6.45, 7) is 2.40. The van der Waals surface area contributed by atoms with E-state index in [2.05, 4.69) is 5.16 Å². The number of nitrogen functional groups attached to an aromatic ring is 1. The number of aryl methyl sites for hydroxylation is 1. The lowest BCUT2D eigenvalue weighted by atomic mass is 10.2. The largest absolute Gasteiger partial charge is 0.399 e. The van der Waals surface area contributed by atoms with Gasteiger partial charge < -0.3 is 15.2 Å². The predicted molar refractivity (Wildman–Crippen MR) is 74.2 cm³/mol. The Morgan fingerprint density at radius 3 is 2.39 bits per heavy atom. The Morgan fingerprint density at radius 1 is 1.28 bits per heavy atom. The van der Waals surface area contributed by atoms with Crippen molar-refractivity contribution in [3.63, 3.8) is 0 Å². The maximum atomic E-state index is 6.15. The normalized spacial score (nSPS) is 10.7. The molecule has 6 heteroatoms. The number of anilines is 2. The number of rotatable bonds is 3. The minimum Gasteiger partial charge on any atom is -0.399 e. The summed E-state index contributed by atoms with van der Waals surface area (Å²) >= 11 is 12.3. The van der Waals surface area contributed by atoms with Crippen molar-refractivity contribution in [2.75, 3.05) is 17.7 Å². The van der Waals surface area contributed by atoms with Crippen LogP contribution in [0.1, 0.15) is 11.5 Å². The highest BCUT2D eigenvalue weighted by Gasteiger charge is 2.13. The minimum absolute atomic E-state index is 0.516. The Morgan fingerprint density at radius 2 is 1.89 bits per heavy atom. The summed E-state index contributed by atoms with van der Waals surface area (Å²) in [5.41, 5.74) is 7.76. The van der Waals surface area contributed by atoms with Gasteiger partial charge in [0.15, 0.2) is 0 Å². The molecule has 1 heterocycles. The molecule has 0 aliphatic heterocycles. The smallest absolute Gasteiger partial charge is 0.133 e. The molecule has 0 aliphatic carbocycles.